The fourth-order valence-electron chi connectivity index (χ4n) is 2.69. The van der Waals surface area contributed by atoms with E-state index in [-0.39, 0.29) is 11.7 Å². The van der Waals surface area contributed by atoms with E-state index in [1.165, 1.54) is 27.0 Å². The third kappa shape index (κ3) is 4.24. The predicted octanol–water partition coefficient (Wildman–Crippen LogP) is 1.74. The monoisotopic (exact) mass is 328 g/mol. The molecule has 0 amide bonds. The largest absolute Gasteiger partial charge is 0.476 e. The van der Waals surface area contributed by atoms with Crippen LogP contribution in [0.15, 0.2) is 11.8 Å². The van der Waals surface area contributed by atoms with Crippen molar-refractivity contribution in [2.75, 3.05) is 7.11 Å². The van der Waals surface area contributed by atoms with Gasteiger partial charge in [0.05, 0.1) is 7.11 Å². The van der Waals surface area contributed by atoms with Crippen LogP contribution in [0.2, 0.25) is 0 Å². The number of ether oxygens (including phenoxy) is 4. The first-order chi connectivity index (χ1) is 10.7. The lowest BCUT2D eigenvalue weighted by Crippen LogP contribution is -2.55. The lowest BCUT2D eigenvalue weighted by atomic mass is 9.78. The number of rotatable bonds is 5. The van der Waals surface area contributed by atoms with Gasteiger partial charge < -0.3 is 18.9 Å². The van der Waals surface area contributed by atoms with Gasteiger partial charge in [0.15, 0.2) is 0 Å². The first-order valence-electron chi connectivity index (χ1n) is 7.49. The van der Waals surface area contributed by atoms with Gasteiger partial charge in [-0.1, -0.05) is 13.8 Å². The summed E-state index contributed by atoms with van der Waals surface area (Å²) >= 11 is 0. The first kappa shape index (κ1) is 19.0. The highest BCUT2D eigenvalue weighted by molar-refractivity contribution is 5.86. The molecule has 130 valence electrons. The number of hydrogen-bond donors (Lipinski definition) is 0. The number of carbonyl (C=O) groups is 3. The highest BCUT2D eigenvalue weighted by Crippen LogP contribution is 2.39. The van der Waals surface area contributed by atoms with Crippen molar-refractivity contribution >= 4 is 17.9 Å². The zero-order valence-corrected chi connectivity index (χ0v) is 14.4. The summed E-state index contributed by atoms with van der Waals surface area (Å²) in [6, 6.07) is 0. The minimum Gasteiger partial charge on any atom is -0.476 e. The molecule has 1 rings (SSSR count). The number of esters is 3. The molecule has 0 N–H and O–H groups in total. The molecule has 0 aromatic rings. The van der Waals surface area contributed by atoms with Gasteiger partial charge in [0.2, 0.25) is 5.76 Å². The summed E-state index contributed by atoms with van der Waals surface area (Å²) in [6.07, 6.45) is 0.591. The summed E-state index contributed by atoms with van der Waals surface area (Å²) in [5, 5.41) is 0. The maximum absolute atomic E-state index is 11.9. The van der Waals surface area contributed by atoms with E-state index in [9.17, 15) is 14.4 Å². The summed E-state index contributed by atoms with van der Waals surface area (Å²) in [5.41, 5.74) is -1.04. The van der Waals surface area contributed by atoms with Gasteiger partial charge in [-0.25, -0.2) is 4.79 Å². The Hall–Kier alpha value is -2.05. The molecule has 1 aliphatic heterocycles. The molecular formula is C16H24O7. The van der Waals surface area contributed by atoms with Crippen molar-refractivity contribution in [2.45, 2.75) is 58.8 Å². The van der Waals surface area contributed by atoms with Crippen LogP contribution in [0.4, 0.5) is 0 Å². The standard InChI is InChI=1S/C16H24O7/c1-7-14(22-11(4)18)16(5)9(2)12(21-10(3)17)8-13(23-16)15(19)20-6/h8-9,12,14H,7H2,1-6H3/t9-,12-,14-,16+/m1/s1. The van der Waals surface area contributed by atoms with E-state index in [2.05, 4.69) is 4.74 Å². The van der Waals surface area contributed by atoms with Crippen LogP contribution in [0.25, 0.3) is 0 Å². The normalized spacial score (nSPS) is 28.0. The zero-order chi connectivity index (χ0) is 17.8. The van der Waals surface area contributed by atoms with Gasteiger partial charge in [-0.15, -0.1) is 0 Å². The molecule has 0 aromatic heterocycles. The van der Waals surface area contributed by atoms with Crippen LogP contribution in [0, 0.1) is 5.92 Å². The highest BCUT2D eigenvalue weighted by atomic mass is 16.6. The summed E-state index contributed by atoms with van der Waals surface area (Å²) in [7, 11) is 1.23. The van der Waals surface area contributed by atoms with E-state index in [4.69, 9.17) is 14.2 Å². The van der Waals surface area contributed by atoms with Crippen LogP contribution >= 0.6 is 0 Å². The van der Waals surface area contributed by atoms with Gasteiger partial charge in [0, 0.05) is 25.8 Å². The maximum Gasteiger partial charge on any atom is 0.373 e. The average molecular weight is 328 g/mol. The van der Waals surface area contributed by atoms with E-state index in [0.717, 1.165) is 0 Å². The van der Waals surface area contributed by atoms with Crippen LogP contribution in [0.1, 0.15) is 41.0 Å². The molecule has 0 saturated heterocycles. The lowest BCUT2D eigenvalue weighted by molar-refractivity contribution is -0.192. The minimum atomic E-state index is -1.04. The van der Waals surface area contributed by atoms with Crippen LogP contribution in [-0.4, -0.2) is 42.8 Å². The van der Waals surface area contributed by atoms with Crippen molar-refractivity contribution < 1.29 is 33.3 Å². The second kappa shape index (κ2) is 7.48. The second-order valence-electron chi connectivity index (χ2n) is 5.68. The molecule has 0 fully saturated rings. The SMILES string of the molecule is CC[C@@H](OC(C)=O)[C@@]1(C)OC(C(=O)OC)=C[C@@H](OC(C)=O)[C@H]1C. The molecule has 1 heterocycles. The molecular weight excluding hydrogens is 304 g/mol. The average Bonchev–Trinajstić information content (AvgIpc) is 2.47. The summed E-state index contributed by atoms with van der Waals surface area (Å²) < 4.78 is 21.1. The highest BCUT2D eigenvalue weighted by Gasteiger charge is 2.51. The quantitative estimate of drug-likeness (QED) is 0.561. The van der Waals surface area contributed by atoms with Crippen LogP contribution in [-0.2, 0) is 33.3 Å². The molecule has 0 spiro atoms. The summed E-state index contributed by atoms with van der Waals surface area (Å²) in [6.45, 7) is 7.96. The minimum absolute atomic E-state index is 0.0649. The topological polar surface area (TPSA) is 88.1 Å². The number of methoxy groups -OCH3 is 1. The van der Waals surface area contributed by atoms with Crippen molar-refractivity contribution in [2.24, 2.45) is 5.92 Å². The Labute approximate surface area is 135 Å². The molecule has 0 aliphatic carbocycles. The van der Waals surface area contributed by atoms with E-state index in [0.29, 0.717) is 6.42 Å². The summed E-state index contributed by atoms with van der Waals surface area (Å²) in [5.74, 6) is -2.02. The third-order valence-corrected chi connectivity index (χ3v) is 4.05. The van der Waals surface area contributed by atoms with Crippen molar-refractivity contribution in [1.82, 2.24) is 0 Å². The Bertz CT molecular complexity index is 511. The third-order valence-electron chi connectivity index (χ3n) is 4.05. The maximum atomic E-state index is 11.9. The van der Waals surface area contributed by atoms with Gasteiger partial charge in [0.1, 0.15) is 17.8 Å². The molecule has 1 aliphatic rings. The second-order valence-corrected chi connectivity index (χ2v) is 5.68. The molecule has 0 unspecified atom stereocenters. The van der Waals surface area contributed by atoms with Crippen molar-refractivity contribution in [3.05, 3.63) is 11.8 Å². The lowest BCUT2D eigenvalue weighted by Gasteiger charge is -2.45. The molecule has 0 bridgehead atoms. The molecule has 0 saturated carbocycles. The van der Waals surface area contributed by atoms with Gasteiger partial charge in [0.25, 0.3) is 0 Å². The van der Waals surface area contributed by atoms with E-state index in [1.807, 2.05) is 13.8 Å². The van der Waals surface area contributed by atoms with Crippen molar-refractivity contribution in [3.63, 3.8) is 0 Å². The van der Waals surface area contributed by atoms with Crippen molar-refractivity contribution in [1.29, 1.82) is 0 Å². The van der Waals surface area contributed by atoms with Crippen molar-refractivity contribution in [3.8, 4) is 0 Å². The zero-order valence-electron chi connectivity index (χ0n) is 14.4. The van der Waals surface area contributed by atoms with Crippen LogP contribution in [0.3, 0.4) is 0 Å². The van der Waals surface area contributed by atoms with Crippen LogP contribution in [0.5, 0.6) is 0 Å². The van der Waals surface area contributed by atoms with Gasteiger partial charge in [-0.05, 0) is 13.3 Å². The molecule has 7 heteroatoms. The molecule has 0 aromatic carbocycles. The Morgan fingerprint density at radius 2 is 1.91 bits per heavy atom. The van der Waals surface area contributed by atoms with E-state index in [1.54, 1.807) is 6.92 Å². The fourth-order valence-corrected chi connectivity index (χ4v) is 2.69. The Kier molecular flexibility index (Phi) is 6.18. The number of carbonyl (C=O) groups excluding carboxylic acids is 3. The smallest absolute Gasteiger partial charge is 0.373 e. The molecule has 7 nitrogen and oxygen atoms in total. The Morgan fingerprint density at radius 3 is 2.35 bits per heavy atom. The first-order valence-corrected chi connectivity index (χ1v) is 7.49. The molecule has 23 heavy (non-hydrogen) atoms. The van der Waals surface area contributed by atoms with Gasteiger partial charge >= 0.3 is 17.9 Å². The Morgan fingerprint density at radius 1 is 1.30 bits per heavy atom. The molecule has 4 atom stereocenters. The van der Waals surface area contributed by atoms with E-state index >= 15 is 0 Å². The van der Waals surface area contributed by atoms with E-state index < -0.39 is 35.7 Å². The number of hydrogen-bond acceptors (Lipinski definition) is 7. The fraction of sp³-hybridized carbons (Fsp3) is 0.688. The van der Waals surface area contributed by atoms with Crippen LogP contribution < -0.4 is 0 Å². The van der Waals surface area contributed by atoms with Gasteiger partial charge in [-0.3, -0.25) is 9.59 Å². The van der Waals surface area contributed by atoms with Gasteiger partial charge in [-0.2, -0.15) is 0 Å². The Balaban J connectivity index is 3.25. The molecule has 0 radical (unpaired) electrons. The summed E-state index contributed by atoms with van der Waals surface area (Å²) in [4.78, 5) is 34.6. The predicted molar refractivity (Wildman–Crippen MR) is 80.2 cm³/mol.